The molecule has 0 amide bonds. The van der Waals surface area contributed by atoms with Gasteiger partial charge in [0.25, 0.3) is 0 Å². The number of alkyl halides is 3. The number of halogens is 3. The molecule has 0 aromatic heterocycles. The first-order valence-corrected chi connectivity index (χ1v) is 7.94. The largest absolute Gasteiger partial charge is 0.490 e. The van der Waals surface area contributed by atoms with Gasteiger partial charge in [-0.25, -0.2) is 4.79 Å². The number of piperazine rings is 1. The van der Waals surface area contributed by atoms with Crippen LogP contribution in [0.25, 0.3) is 0 Å². The van der Waals surface area contributed by atoms with Crippen LogP contribution in [0.1, 0.15) is 12.8 Å². The second-order valence-corrected chi connectivity index (χ2v) is 6.05. The summed E-state index contributed by atoms with van der Waals surface area (Å²) >= 11 is 0. The van der Waals surface area contributed by atoms with E-state index in [0.717, 1.165) is 25.3 Å². The monoisotopic (exact) mass is 339 g/mol. The molecule has 0 bridgehead atoms. The van der Waals surface area contributed by atoms with Gasteiger partial charge in [-0.15, -0.1) is 0 Å². The van der Waals surface area contributed by atoms with Gasteiger partial charge >= 0.3 is 12.1 Å². The summed E-state index contributed by atoms with van der Waals surface area (Å²) in [5.74, 6) is -2.76. The van der Waals surface area contributed by atoms with Crippen molar-refractivity contribution in [2.75, 3.05) is 52.5 Å². The molecule has 0 aliphatic carbocycles. The topological polar surface area (TPSA) is 65.0 Å². The van der Waals surface area contributed by atoms with Crippen LogP contribution in [0, 0.1) is 0 Å². The molecular formula is C14H24F3N3O3. The fourth-order valence-electron chi connectivity index (χ4n) is 3.07. The Morgan fingerprint density at radius 2 is 1.43 bits per heavy atom. The lowest BCUT2D eigenvalue weighted by Gasteiger charge is -2.45. The molecule has 3 heterocycles. The molecule has 0 atom stereocenters. The number of ether oxygens (including phenoxy) is 1. The van der Waals surface area contributed by atoms with Gasteiger partial charge in [-0.2, -0.15) is 13.2 Å². The predicted molar refractivity (Wildman–Crippen MR) is 77.3 cm³/mol. The third-order valence-electron chi connectivity index (χ3n) is 4.55. The second-order valence-electron chi connectivity index (χ2n) is 6.05. The van der Waals surface area contributed by atoms with Gasteiger partial charge in [0.05, 0.1) is 19.3 Å². The Labute approximate surface area is 133 Å². The standard InChI is InChI=1S/C12H23N3O.C2HF3O2/c1-3-13-4-2-11(1)14-5-7-15(8-6-14)12-9-16-10-12;3-2(4,5)1(6)7/h11-13H,1-10H2;(H,6,7). The van der Waals surface area contributed by atoms with E-state index in [-0.39, 0.29) is 0 Å². The van der Waals surface area contributed by atoms with Crippen molar-refractivity contribution in [1.82, 2.24) is 15.1 Å². The first-order valence-electron chi connectivity index (χ1n) is 7.94. The maximum absolute atomic E-state index is 10.6. The highest BCUT2D eigenvalue weighted by atomic mass is 19.4. The summed E-state index contributed by atoms with van der Waals surface area (Å²) in [6.45, 7) is 9.38. The van der Waals surface area contributed by atoms with Crippen molar-refractivity contribution in [2.45, 2.75) is 31.1 Å². The molecule has 0 aromatic rings. The zero-order valence-corrected chi connectivity index (χ0v) is 13.0. The molecular weight excluding hydrogens is 315 g/mol. The number of carboxylic acids is 1. The Kier molecular flexibility index (Phi) is 6.63. The molecule has 3 aliphatic rings. The first-order chi connectivity index (χ1) is 10.9. The SMILES string of the molecule is C1CC(N2CCN(C3COC3)CC2)CCN1.O=C(O)C(F)(F)F. The Hall–Kier alpha value is -0.900. The van der Waals surface area contributed by atoms with Gasteiger partial charge in [-0.05, 0) is 25.9 Å². The zero-order chi connectivity index (χ0) is 16.9. The van der Waals surface area contributed by atoms with Gasteiger partial charge in [0.15, 0.2) is 0 Å². The van der Waals surface area contributed by atoms with Crippen molar-refractivity contribution in [3.05, 3.63) is 0 Å². The average molecular weight is 339 g/mol. The summed E-state index contributed by atoms with van der Waals surface area (Å²) in [5, 5.41) is 10.6. The zero-order valence-electron chi connectivity index (χ0n) is 13.0. The summed E-state index contributed by atoms with van der Waals surface area (Å²) in [6.07, 6.45) is -2.40. The van der Waals surface area contributed by atoms with Crippen LogP contribution in [-0.4, -0.2) is 91.6 Å². The summed E-state index contributed by atoms with van der Waals surface area (Å²) in [5.41, 5.74) is 0. The minimum Gasteiger partial charge on any atom is -0.475 e. The molecule has 23 heavy (non-hydrogen) atoms. The van der Waals surface area contributed by atoms with Gasteiger partial charge in [0, 0.05) is 32.2 Å². The molecule has 0 radical (unpaired) electrons. The van der Waals surface area contributed by atoms with Gasteiger partial charge in [-0.3, -0.25) is 9.80 Å². The van der Waals surface area contributed by atoms with Crippen molar-refractivity contribution < 1.29 is 27.8 Å². The van der Waals surface area contributed by atoms with Crippen LogP contribution in [-0.2, 0) is 9.53 Å². The molecule has 0 spiro atoms. The van der Waals surface area contributed by atoms with Crippen molar-refractivity contribution in [3.8, 4) is 0 Å². The molecule has 134 valence electrons. The van der Waals surface area contributed by atoms with Crippen LogP contribution in [0.5, 0.6) is 0 Å². The van der Waals surface area contributed by atoms with E-state index < -0.39 is 12.1 Å². The molecule has 3 aliphatic heterocycles. The normalized spacial score (nSPS) is 25.3. The number of hydrogen-bond donors (Lipinski definition) is 2. The molecule has 0 unspecified atom stereocenters. The highest BCUT2D eigenvalue weighted by molar-refractivity contribution is 5.73. The third kappa shape index (κ3) is 5.59. The van der Waals surface area contributed by atoms with Crippen molar-refractivity contribution in [3.63, 3.8) is 0 Å². The fraction of sp³-hybridized carbons (Fsp3) is 0.929. The third-order valence-corrected chi connectivity index (χ3v) is 4.55. The van der Waals surface area contributed by atoms with Gasteiger partial charge < -0.3 is 15.2 Å². The Morgan fingerprint density at radius 1 is 1.00 bits per heavy atom. The van der Waals surface area contributed by atoms with Gasteiger partial charge in [0.1, 0.15) is 0 Å². The molecule has 2 N–H and O–H groups in total. The van der Waals surface area contributed by atoms with E-state index in [2.05, 4.69) is 15.1 Å². The van der Waals surface area contributed by atoms with Crippen LogP contribution in [0.3, 0.4) is 0 Å². The molecule has 3 rings (SSSR count). The molecule has 3 saturated heterocycles. The lowest BCUT2D eigenvalue weighted by Crippen LogP contribution is -2.58. The fourth-order valence-corrected chi connectivity index (χ4v) is 3.07. The number of piperidine rings is 1. The predicted octanol–water partition coefficient (Wildman–Crippen LogP) is 0.388. The maximum Gasteiger partial charge on any atom is 0.490 e. The minimum absolute atomic E-state index is 0.732. The van der Waals surface area contributed by atoms with Crippen LogP contribution >= 0.6 is 0 Å². The van der Waals surface area contributed by atoms with E-state index in [1.807, 2.05) is 0 Å². The smallest absolute Gasteiger partial charge is 0.475 e. The Morgan fingerprint density at radius 3 is 1.78 bits per heavy atom. The number of carboxylic acid groups (broad SMARTS) is 1. The lowest BCUT2D eigenvalue weighted by molar-refractivity contribution is -0.192. The number of rotatable bonds is 2. The van der Waals surface area contributed by atoms with Crippen LogP contribution in [0.15, 0.2) is 0 Å². The Bertz CT molecular complexity index is 377. The number of nitrogens with zero attached hydrogens (tertiary/aromatic N) is 2. The lowest BCUT2D eigenvalue weighted by atomic mass is 10.0. The summed E-state index contributed by atoms with van der Waals surface area (Å²) < 4.78 is 37.0. The summed E-state index contributed by atoms with van der Waals surface area (Å²) in [4.78, 5) is 14.2. The minimum atomic E-state index is -5.08. The second kappa shape index (κ2) is 8.27. The number of aliphatic carboxylic acids is 1. The van der Waals surface area contributed by atoms with Gasteiger partial charge in [-0.1, -0.05) is 0 Å². The van der Waals surface area contributed by atoms with Crippen LogP contribution < -0.4 is 5.32 Å². The molecule has 9 heteroatoms. The molecule has 6 nitrogen and oxygen atoms in total. The average Bonchev–Trinajstić information content (AvgIpc) is 2.47. The van der Waals surface area contributed by atoms with Gasteiger partial charge in [0.2, 0.25) is 0 Å². The quantitative estimate of drug-likeness (QED) is 0.759. The van der Waals surface area contributed by atoms with E-state index in [9.17, 15) is 13.2 Å². The van der Waals surface area contributed by atoms with E-state index in [1.54, 1.807) is 0 Å². The van der Waals surface area contributed by atoms with E-state index in [0.29, 0.717) is 0 Å². The van der Waals surface area contributed by atoms with E-state index >= 15 is 0 Å². The van der Waals surface area contributed by atoms with E-state index in [1.165, 1.54) is 52.1 Å². The number of nitrogens with one attached hydrogen (secondary N) is 1. The first kappa shape index (κ1) is 18.4. The van der Waals surface area contributed by atoms with Crippen molar-refractivity contribution >= 4 is 5.97 Å². The highest BCUT2D eigenvalue weighted by Gasteiger charge is 2.38. The highest BCUT2D eigenvalue weighted by Crippen LogP contribution is 2.18. The Balaban J connectivity index is 0.000000236. The summed E-state index contributed by atoms with van der Waals surface area (Å²) in [7, 11) is 0. The molecule has 3 fully saturated rings. The maximum atomic E-state index is 10.6. The van der Waals surface area contributed by atoms with Crippen molar-refractivity contribution in [2.24, 2.45) is 0 Å². The van der Waals surface area contributed by atoms with Crippen molar-refractivity contribution in [1.29, 1.82) is 0 Å². The van der Waals surface area contributed by atoms with Crippen LogP contribution in [0.4, 0.5) is 13.2 Å². The number of carbonyl (C=O) groups is 1. The molecule has 0 aromatic carbocycles. The summed E-state index contributed by atoms with van der Waals surface area (Å²) in [6, 6.07) is 1.58. The van der Waals surface area contributed by atoms with Crippen LogP contribution in [0.2, 0.25) is 0 Å². The molecule has 0 saturated carbocycles. The number of hydrogen-bond acceptors (Lipinski definition) is 5. The van der Waals surface area contributed by atoms with E-state index in [4.69, 9.17) is 14.6 Å².